The van der Waals surface area contributed by atoms with Gasteiger partial charge in [0.15, 0.2) is 0 Å². The fourth-order valence-corrected chi connectivity index (χ4v) is 1.74. The summed E-state index contributed by atoms with van der Waals surface area (Å²) in [5, 5.41) is 7.61. The molecule has 0 aromatic carbocycles. The monoisotopic (exact) mass is 209 g/mol. The zero-order valence-corrected chi connectivity index (χ0v) is 8.46. The summed E-state index contributed by atoms with van der Waals surface area (Å²) in [5.74, 6) is -0.603. The zero-order chi connectivity index (χ0) is 10.3. The minimum Gasteiger partial charge on any atom is -0.268 e. The molecule has 72 valence electrons. The molecule has 2 rings (SSSR count). The van der Waals surface area contributed by atoms with Crippen molar-refractivity contribution in [3.05, 3.63) is 16.7 Å². The van der Waals surface area contributed by atoms with Crippen molar-refractivity contribution >= 4 is 28.3 Å². The Kier molecular flexibility index (Phi) is 1.92. The van der Waals surface area contributed by atoms with Crippen LogP contribution in [0.1, 0.15) is 13.8 Å². The number of hydrogen-bond acceptors (Lipinski definition) is 5. The summed E-state index contributed by atoms with van der Waals surface area (Å²) in [6.07, 6.45) is 0. The molecule has 0 radical (unpaired) electrons. The van der Waals surface area contributed by atoms with Crippen LogP contribution >= 0.6 is 11.3 Å². The van der Waals surface area contributed by atoms with Crippen LogP contribution in [0.25, 0.3) is 0 Å². The van der Waals surface area contributed by atoms with E-state index in [0.29, 0.717) is 16.3 Å². The summed E-state index contributed by atoms with van der Waals surface area (Å²) in [6.45, 7) is 3.27. The maximum atomic E-state index is 11.6. The number of hydrogen-bond donors (Lipinski definition) is 0. The van der Waals surface area contributed by atoms with E-state index in [-0.39, 0.29) is 11.8 Å². The van der Waals surface area contributed by atoms with Crippen molar-refractivity contribution in [1.29, 1.82) is 0 Å². The Hall–Kier alpha value is -1.56. The summed E-state index contributed by atoms with van der Waals surface area (Å²) in [4.78, 5) is 24.3. The van der Waals surface area contributed by atoms with Gasteiger partial charge in [0, 0.05) is 11.1 Å². The van der Waals surface area contributed by atoms with Crippen molar-refractivity contribution in [2.75, 3.05) is 4.90 Å². The van der Waals surface area contributed by atoms with Crippen LogP contribution in [0.5, 0.6) is 0 Å². The molecule has 0 bridgehead atoms. The Morgan fingerprint density at radius 1 is 1.21 bits per heavy atom. The molecule has 2 amide bonds. The molecular formula is C8H7N3O2S. The second kappa shape index (κ2) is 2.98. The van der Waals surface area contributed by atoms with E-state index in [9.17, 15) is 9.59 Å². The van der Waals surface area contributed by atoms with Gasteiger partial charge in [-0.2, -0.15) is 0 Å². The van der Waals surface area contributed by atoms with Crippen molar-refractivity contribution in [3.63, 3.8) is 0 Å². The highest BCUT2D eigenvalue weighted by atomic mass is 32.1. The van der Waals surface area contributed by atoms with Crippen LogP contribution in [-0.2, 0) is 9.59 Å². The molecule has 1 aliphatic heterocycles. The zero-order valence-electron chi connectivity index (χ0n) is 7.64. The largest absolute Gasteiger partial charge is 0.268 e. The SMILES string of the molecule is CC1=C(C)C(=O)N(c2nncs2)C1=O. The van der Waals surface area contributed by atoms with E-state index in [1.165, 1.54) is 16.8 Å². The Labute approximate surface area is 84.1 Å². The first-order valence-corrected chi connectivity index (χ1v) is 4.83. The van der Waals surface area contributed by atoms with Crippen molar-refractivity contribution in [2.24, 2.45) is 0 Å². The minimum absolute atomic E-state index is 0.302. The molecule has 1 aromatic rings. The van der Waals surface area contributed by atoms with Crippen LogP contribution in [0.2, 0.25) is 0 Å². The first kappa shape index (κ1) is 9.01. The molecule has 14 heavy (non-hydrogen) atoms. The van der Waals surface area contributed by atoms with Crippen LogP contribution in [0.15, 0.2) is 16.7 Å². The van der Waals surface area contributed by atoms with Crippen molar-refractivity contribution in [2.45, 2.75) is 13.8 Å². The summed E-state index contributed by atoms with van der Waals surface area (Å²) >= 11 is 1.17. The summed E-state index contributed by atoms with van der Waals surface area (Å²) in [7, 11) is 0. The van der Waals surface area contributed by atoms with E-state index in [1.807, 2.05) is 0 Å². The van der Waals surface area contributed by atoms with Gasteiger partial charge in [-0.15, -0.1) is 10.2 Å². The third-order valence-corrected chi connectivity index (χ3v) is 2.82. The van der Waals surface area contributed by atoms with Gasteiger partial charge in [0.05, 0.1) is 0 Å². The number of aromatic nitrogens is 2. The van der Waals surface area contributed by atoms with Crippen molar-refractivity contribution in [1.82, 2.24) is 10.2 Å². The molecule has 0 fully saturated rings. The van der Waals surface area contributed by atoms with Gasteiger partial charge in [-0.05, 0) is 13.8 Å². The van der Waals surface area contributed by atoms with E-state index in [0.717, 1.165) is 4.90 Å². The van der Waals surface area contributed by atoms with Crippen molar-refractivity contribution < 1.29 is 9.59 Å². The van der Waals surface area contributed by atoms with Crippen LogP contribution in [0, 0.1) is 0 Å². The quantitative estimate of drug-likeness (QED) is 0.640. The van der Waals surface area contributed by atoms with E-state index in [2.05, 4.69) is 10.2 Å². The lowest BCUT2D eigenvalue weighted by Crippen LogP contribution is -2.31. The Morgan fingerprint density at radius 3 is 2.21 bits per heavy atom. The van der Waals surface area contributed by atoms with Crippen LogP contribution in [-0.4, -0.2) is 22.0 Å². The van der Waals surface area contributed by atoms with E-state index < -0.39 is 0 Å². The standard InChI is InChI=1S/C8H7N3O2S/c1-4-5(2)7(13)11(6(4)12)8-10-9-3-14-8/h3H,1-2H3. The van der Waals surface area contributed by atoms with Gasteiger partial charge in [0.25, 0.3) is 11.8 Å². The Morgan fingerprint density at radius 2 is 1.79 bits per heavy atom. The van der Waals surface area contributed by atoms with Gasteiger partial charge < -0.3 is 0 Å². The molecule has 1 aromatic heterocycles. The van der Waals surface area contributed by atoms with Crippen molar-refractivity contribution in [3.8, 4) is 0 Å². The lowest BCUT2D eigenvalue weighted by molar-refractivity contribution is -0.120. The number of amides is 2. The highest BCUT2D eigenvalue weighted by molar-refractivity contribution is 7.13. The summed E-state index contributed by atoms with van der Waals surface area (Å²) in [5.41, 5.74) is 2.44. The number of anilines is 1. The minimum atomic E-state index is -0.302. The maximum Gasteiger partial charge on any atom is 0.263 e. The smallest absolute Gasteiger partial charge is 0.263 e. The Balaban J connectivity index is 2.44. The molecule has 0 spiro atoms. The molecule has 0 unspecified atom stereocenters. The summed E-state index contributed by atoms with van der Waals surface area (Å²) in [6, 6.07) is 0. The van der Waals surface area contributed by atoms with Gasteiger partial charge in [-0.1, -0.05) is 11.3 Å². The molecule has 0 saturated heterocycles. The van der Waals surface area contributed by atoms with E-state index in [1.54, 1.807) is 13.8 Å². The van der Waals surface area contributed by atoms with E-state index >= 15 is 0 Å². The molecule has 1 aliphatic rings. The van der Waals surface area contributed by atoms with Gasteiger partial charge in [-0.25, -0.2) is 4.90 Å². The number of nitrogens with zero attached hydrogens (tertiary/aromatic N) is 3. The lowest BCUT2D eigenvalue weighted by Gasteiger charge is -2.08. The molecule has 0 N–H and O–H groups in total. The van der Waals surface area contributed by atoms with E-state index in [4.69, 9.17) is 0 Å². The molecule has 0 aliphatic carbocycles. The highest BCUT2D eigenvalue weighted by Crippen LogP contribution is 2.26. The molecule has 5 nitrogen and oxygen atoms in total. The topological polar surface area (TPSA) is 63.2 Å². The number of rotatable bonds is 1. The second-order valence-electron chi connectivity index (χ2n) is 2.92. The maximum absolute atomic E-state index is 11.6. The number of carbonyl (C=O) groups excluding carboxylic acids is 2. The second-order valence-corrected chi connectivity index (χ2v) is 3.73. The van der Waals surface area contributed by atoms with Crippen LogP contribution in [0.4, 0.5) is 5.13 Å². The molecule has 2 heterocycles. The molecule has 0 saturated carbocycles. The first-order valence-electron chi connectivity index (χ1n) is 3.95. The number of imide groups is 1. The summed E-state index contributed by atoms with van der Waals surface area (Å²) < 4.78 is 0. The van der Waals surface area contributed by atoms with Gasteiger partial charge in [0.2, 0.25) is 5.13 Å². The average Bonchev–Trinajstić information content (AvgIpc) is 2.73. The molecule has 0 atom stereocenters. The lowest BCUT2D eigenvalue weighted by atomic mass is 10.2. The molecular weight excluding hydrogens is 202 g/mol. The van der Waals surface area contributed by atoms with Gasteiger partial charge >= 0.3 is 0 Å². The highest BCUT2D eigenvalue weighted by Gasteiger charge is 2.36. The predicted molar refractivity (Wildman–Crippen MR) is 50.8 cm³/mol. The third-order valence-electron chi connectivity index (χ3n) is 2.15. The average molecular weight is 209 g/mol. The fraction of sp³-hybridized carbons (Fsp3) is 0.250. The van der Waals surface area contributed by atoms with Crippen LogP contribution in [0.3, 0.4) is 0 Å². The fourth-order valence-electron chi connectivity index (χ4n) is 1.19. The van der Waals surface area contributed by atoms with Gasteiger partial charge in [-0.3, -0.25) is 9.59 Å². The molecule has 6 heteroatoms. The normalized spacial score (nSPS) is 17.1. The van der Waals surface area contributed by atoms with Crippen LogP contribution < -0.4 is 4.90 Å². The van der Waals surface area contributed by atoms with Gasteiger partial charge in [0.1, 0.15) is 5.51 Å². The Bertz CT molecular complexity index is 411. The number of carbonyl (C=O) groups is 2. The first-order chi connectivity index (χ1) is 6.63. The predicted octanol–water partition coefficient (Wildman–Crippen LogP) is 0.748. The third kappa shape index (κ3) is 1.07.